The Morgan fingerprint density at radius 2 is 2.00 bits per heavy atom. The van der Waals surface area contributed by atoms with Gasteiger partial charge < -0.3 is 0 Å². The third-order valence-corrected chi connectivity index (χ3v) is 3.42. The first-order valence-electron chi connectivity index (χ1n) is 6.17. The van der Waals surface area contributed by atoms with Crippen LogP contribution in [-0.2, 0) is 0 Å². The van der Waals surface area contributed by atoms with E-state index < -0.39 is 17.7 Å². The van der Waals surface area contributed by atoms with E-state index in [1.54, 1.807) is 13.8 Å². The summed E-state index contributed by atoms with van der Waals surface area (Å²) in [5.74, 6) is -1.28. The van der Waals surface area contributed by atoms with Crippen molar-refractivity contribution in [3.63, 3.8) is 0 Å². The van der Waals surface area contributed by atoms with Gasteiger partial charge >= 0.3 is 0 Å². The zero-order chi connectivity index (χ0) is 15.1. The fourth-order valence-electron chi connectivity index (χ4n) is 2.16. The second-order valence-electron chi connectivity index (χ2n) is 4.63. The molecule has 5 nitrogen and oxygen atoms in total. The van der Waals surface area contributed by atoms with Crippen LogP contribution in [0.4, 0.5) is 8.78 Å². The van der Waals surface area contributed by atoms with E-state index in [0.29, 0.717) is 16.9 Å². The van der Waals surface area contributed by atoms with Gasteiger partial charge in [0.15, 0.2) is 11.2 Å². The van der Waals surface area contributed by atoms with E-state index in [9.17, 15) is 8.78 Å². The van der Waals surface area contributed by atoms with E-state index in [2.05, 4.69) is 20.3 Å². The van der Waals surface area contributed by atoms with Crippen molar-refractivity contribution < 1.29 is 8.78 Å². The van der Waals surface area contributed by atoms with Gasteiger partial charge in [-0.1, -0.05) is 11.3 Å². The van der Waals surface area contributed by atoms with Crippen LogP contribution in [0.15, 0.2) is 18.2 Å². The molecule has 0 saturated carbocycles. The molecule has 21 heavy (non-hydrogen) atoms. The molecule has 0 fully saturated rings. The van der Waals surface area contributed by atoms with Crippen molar-refractivity contribution in [1.29, 1.82) is 0 Å². The van der Waals surface area contributed by atoms with Gasteiger partial charge in [-0.3, -0.25) is 0 Å². The quantitative estimate of drug-likeness (QED) is 0.683. The Hall–Kier alpha value is -2.15. The monoisotopic (exact) mass is 309 g/mol. The molecule has 0 saturated heterocycles. The number of rotatable bonds is 2. The molecular formula is C13H10ClF2N5. The maximum atomic E-state index is 13.9. The van der Waals surface area contributed by atoms with Gasteiger partial charge in [0.1, 0.15) is 11.6 Å². The van der Waals surface area contributed by atoms with Crippen molar-refractivity contribution in [2.24, 2.45) is 0 Å². The summed E-state index contributed by atoms with van der Waals surface area (Å²) in [6, 6.07) is 2.89. The number of halogens is 3. The normalized spacial score (nSPS) is 12.8. The van der Waals surface area contributed by atoms with Gasteiger partial charge in [0, 0.05) is 11.6 Å². The molecule has 1 atom stereocenters. The lowest BCUT2D eigenvalue weighted by atomic mass is 10.1. The van der Waals surface area contributed by atoms with Gasteiger partial charge in [-0.05, 0) is 31.5 Å². The molecule has 3 aromatic rings. The molecule has 0 N–H and O–H groups in total. The molecule has 2 aromatic heterocycles. The summed E-state index contributed by atoms with van der Waals surface area (Å²) in [6.45, 7) is 3.45. The van der Waals surface area contributed by atoms with Gasteiger partial charge in [-0.25, -0.2) is 18.4 Å². The Kier molecular flexibility index (Phi) is 3.29. The lowest BCUT2D eigenvalue weighted by molar-refractivity contribution is 0.509. The Morgan fingerprint density at radius 1 is 1.24 bits per heavy atom. The van der Waals surface area contributed by atoms with Crippen LogP contribution in [0.25, 0.3) is 11.2 Å². The summed E-state index contributed by atoms with van der Waals surface area (Å²) in [5, 5.41) is 8.03. The minimum atomic E-state index is -0.650. The lowest BCUT2D eigenvalue weighted by Gasteiger charge is -2.13. The molecule has 0 unspecified atom stereocenters. The molecule has 0 aliphatic carbocycles. The molecular weight excluding hydrogens is 300 g/mol. The molecule has 0 bridgehead atoms. The van der Waals surface area contributed by atoms with E-state index in [0.717, 1.165) is 6.07 Å². The molecule has 1 aromatic carbocycles. The highest BCUT2D eigenvalue weighted by Crippen LogP contribution is 2.24. The second kappa shape index (κ2) is 5.00. The fraction of sp³-hybridized carbons (Fsp3) is 0.231. The highest BCUT2D eigenvalue weighted by atomic mass is 35.5. The predicted octanol–water partition coefficient (Wildman–Crippen LogP) is 3.07. The summed E-state index contributed by atoms with van der Waals surface area (Å²) >= 11 is 5.84. The van der Waals surface area contributed by atoms with Crippen molar-refractivity contribution >= 4 is 22.8 Å². The average molecular weight is 310 g/mol. The third-order valence-electron chi connectivity index (χ3n) is 3.25. The first-order valence-corrected chi connectivity index (χ1v) is 6.55. The highest BCUT2D eigenvalue weighted by Gasteiger charge is 2.19. The van der Waals surface area contributed by atoms with Crippen LogP contribution in [0.3, 0.4) is 0 Å². The van der Waals surface area contributed by atoms with Crippen LogP contribution in [0.1, 0.15) is 24.2 Å². The SMILES string of the molecule is Cc1nc(Cl)nc2c1nnn2[C@H](C)c1ccc(F)cc1F. The zero-order valence-electron chi connectivity index (χ0n) is 11.2. The summed E-state index contributed by atoms with van der Waals surface area (Å²) in [5.41, 5.74) is 1.77. The van der Waals surface area contributed by atoms with E-state index >= 15 is 0 Å². The van der Waals surface area contributed by atoms with Gasteiger partial charge in [-0.15, -0.1) is 5.10 Å². The van der Waals surface area contributed by atoms with Crippen molar-refractivity contribution in [2.75, 3.05) is 0 Å². The minimum absolute atomic E-state index is 0.0651. The van der Waals surface area contributed by atoms with Gasteiger partial charge in [0.05, 0.1) is 11.7 Å². The molecule has 0 aliphatic rings. The molecule has 0 amide bonds. The minimum Gasteiger partial charge on any atom is -0.221 e. The Labute approximate surface area is 123 Å². The summed E-state index contributed by atoms with van der Waals surface area (Å²) in [4.78, 5) is 8.08. The van der Waals surface area contributed by atoms with E-state index in [1.165, 1.54) is 16.8 Å². The van der Waals surface area contributed by atoms with Crippen LogP contribution in [0.5, 0.6) is 0 Å². The number of aryl methyl sites for hydroxylation is 1. The predicted molar refractivity (Wildman–Crippen MR) is 73.0 cm³/mol. The average Bonchev–Trinajstić information content (AvgIpc) is 2.82. The van der Waals surface area contributed by atoms with Gasteiger partial charge in [-0.2, -0.15) is 4.98 Å². The summed E-state index contributed by atoms with van der Waals surface area (Å²) < 4.78 is 28.3. The topological polar surface area (TPSA) is 56.5 Å². The van der Waals surface area contributed by atoms with Crippen molar-refractivity contribution in [3.05, 3.63) is 46.4 Å². The number of aromatic nitrogens is 5. The van der Waals surface area contributed by atoms with Crippen LogP contribution in [-0.4, -0.2) is 25.0 Å². The first kappa shape index (κ1) is 13.8. The number of benzene rings is 1. The maximum absolute atomic E-state index is 13.9. The van der Waals surface area contributed by atoms with E-state index in [4.69, 9.17) is 11.6 Å². The number of nitrogens with zero attached hydrogens (tertiary/aromatic N) is 5. The molecule has 8 heteroatoms. The Balaban J connectivity index is 2.15. The molecule has 2 heterocycles. The van der Waals surface area contributed by atoms with E-state index in [1.807, 2.05) is 0 Å². The molecule has 0 aliphatic heterocycles. The largest absolute Gasteiger partial charge is 0.224 e. The highest BCUT2D eigenvalue weighted by molar-refractivity contribution is 6.28. The first-order chi connectivity index (χ1) is 9.97. The Morgan fingerprint density at radius 3 is 2.71 bits per heavy atom. The number of fused-ring (bicyclic) bond motifs is 1. The summed E-state index contributed by atoms with van der Waals surface area (Å²) in [6.07, 6.45) is 0. The molecule has 3 rings (SSSR count). The third kappa shape index (κ3) is 2.33. The molecule has 0 radical (unpaired) electrons. The zero-order valence-corrected chi connectivity index (χ0v) is 11.9. The van der Waals surface area contributed by atoms with Gasteiger partial charge in [0.25, 0.3) is 0 Å². The van der Waals surface area contributed by atoms with E-state index in [-0.39, 0.29) is 10.8 Å². The lowest BCUT2D eigenvalue weighted by Crippen LogP contribution is -2.11. The van der Waals surface area contributed by atoms with Crippen molar-refractivity contribution in [2.45, 2.75) is 19.9 Å². The molecule has 0 spiro atoms. The standard InChI is InChI=1S/C13H10ClF2N5/c1-6-11-12(18-13(14)17-6)21(20-19-11)7(2)9-4-3-8(15)5-10(9)16/h3-5,7H,1-2H3/t7-/m1/s1. The maximum Gasteiger partial charge on any atom is 0.224 e. The second-order valence-corrected chi connectivity index (χ2v) is 4.96. The van der Waals surface area contributed by atoms with Crippen LogP contribution >= 0.6 is 11.6 Å². The van der Waals surface area contributed by atoms with Crippen molar-refractivity contribution in [1.82, 2.24) is 25.0 Å². The fourth-order valence-corrected chi connectivity index (χ4v) is 2.37. The Bertz CT molecular complexity index is 833. The smallest absolute Gasteiger partial charge is 0.221 e. The summed E-state index contributed by atoms with van der Waals surface area (Å²) in [7, 11) is 0. The van der Waals surface area contributed by atoms with Crippen LogP contribution in [0, 0.1) is 18.6 Å². The number of hydrogen-bond donors (Lipinski definition) is 0. The van der Waals surface area contributed by atoms with Crippen molar-refractivity contribution in [3.8, 4) is 0 Å². The molecule has 108 valence electrons. The van der Waals surface area contributed by atoms with Gasteiger partial charge in [0.2, 0.25) is 5.28 Å². The van der Waals surface area contributed by atoms with Crippen LogP contribution in [0.2, 0.25) is 5.28 Å². The van der Waals surface area contributed by atoms with Crippen LogP contribution < -0.4 is 0 Å². The number of hydrogen-bond acceptors (Lipinski definition) is 4.